The monoisotopic (exact) mass is 260 g/mol. The second kappa shape index (κ2) is 6.20. The highest BCUT2D eigenvalue weighted by atomic mass is 19.4. The predicted octanol–water partition coefficient (Wildman–Crippen LogP) is 2.92. The molecular formula is C13H19F3N2. The van der Waals surface area contributed by atoms with E-state index in [0.717, 1.165) is 12.6 Å². The zero-order valence-electron chi connectivity index (χ0n) is 10.9. The lowest BCUT2D eigenvalue weighted by molar-refractivity contribution is -0.138. The van der Waals surface area contributed by atoms with Crippen molar-refractivity contribution >= 4 is 0 Å². The Bertz CT molecular complexity index is 377. The van der Waals surface area contributed by atoms with Gasteiger partial charge in [0.15, 0.2) is 0 Å². The maximum Gasteiger partial charge on any atom is 0.416 e. The van der Waals surface area contributed by atoms with Gasteiger partial charge in [0.05, 0.1) is 5.56 Å². The number of hydrogen-bond donors (Lipinski definition) is 1. The molecule has 0 heterocycles. The normalized spacial score (nSPS) is 13.9. The van der Waals surface area contributed by atoms with Crippen LogP contribution in [0.5, 0.6) is 0 Å². The molecule has 0 fully saturated rings. The van der Waals surface area contributed by atoms with Gasteiger partial charge in [0.25, 0.3) is 0 Å². The van der Waals surface area contributed by atoms with Crippen molar-refractivity contribution in [2.45, 2.75) is 19.1 Å². The van der Waals surface area contributed by atoms with E-state index in [2.05, 4.69) is 5.32 Å². The first-order valence-electron chi connectivity index (χ1n) is 5.89. The van der Waals surface area contributed by atoms with Crippen LogP contribution in [0.1, 0.15) is 24.1 Å². The van der Waals surface area contributed by atoms with Crippen molar-refractivity contribution in [2.75, 3.05) is 27.2 Å². The molecule has 0 saturated heterocycles. The summed E-state index contributed by atoms with van der Waals surface area (Å²) in [5.74, 6) is 0. The Labute approximate surface area is 106 Å². The van der Waals surface area contributed by atoms with Crippen LogP contribution in [0, 0.1) is 0 Å². The molecule has 1 N–H and O–H groups in total. The summed E-state index contributed by atoms with van der Waals surface area (Å²) in [7, 11) is 3.65. The summed E-state index contributed by atoms with van der Waals surface area (Å²) in [6, 6.07) is 5.48. The summed E-state index contributed by atoms with van der Waals surface area (Å²) in [6.45, 7) is 3.24. The molecule has 0 aromatic heterocycles. The van der Waals surface area contributed by atoms with Crippen LogP contribution in [0.3, 0.4) is 0 Å². The second-order valence-electron chi connectivity index (χ2n) is 4.35. The van der Waals surface area contributed by atoms with E-state index in [1.165, 1.54) is 6.07 Å². The number of benzene rings is 1. The topological polar surface area (TPSA) is 15.3 Å². The van der Waals surface area contributed by atoms with Crippen molar-refractivity contribution in [3.63, 3.8) is 0 Å². The molecule has 1 aromatic carbocycles. The standard InChI is InChI=1S/C13H19F3N2/c1-10(18(3)9-8-17-2)11-6-4-5-7-12(11)13(14,15)16/h4-7,10,17H,8-9H2,1-3H3. The van der Waals surface area contributed by atoms with Crippen LogP contribution in [-0.4, -0.2) is 32.1 Å². The van der Waals surface area contributed by atoms with Gasteiger partial charge < -0.3 is 5.32 Å². The van der Waals surface area contributed by atoms with Gasteiger partial charge in [-0.1, -0.05) is 18.2 Å². The third-order valence-electron chi connectivity index (χ3n) is 3.09. The highest BCUT2D eigenvalue weighted by Gasteiger charge is 2.34. The first-order chi connectivity index (χ1) is 8.38. The number of rotatable bonds is 5. The maximum atomic E-state index is 12.9. The Morgan fingerprint density at radius 3 is 2.44 bits per heavy atom. The van der Waals surface area contributed by atoms with Gasteiger partial charge >= 0.3 is 6.18 Å². The summed E-state index contributed by atoms with van der Waals surface area (Å²) in [6.07, 6.45) is -4.30. The van der Waals surface area contributed by atoms with E-state index in [9.17, 15) is 13.2 Å². The largest absolute Gasteiger partial charge is 0.416 e. The fourth-order valence-electron chi connectivity index (χ4n) is 1.84. The molecule has 0 spiro atoms. The minimum atomic E-state index is -4.30. The summed E-state index contributed by atoms with van der Waals surface area (Å²) >= 11 is 0. The van der Waals surface area contributed by atoms with Gasteiger partial charge in [-0.25, -0.2) is 0 Å². The lowest BCUT2D eigenvalue weighted by atomic mass is 10.00. The van der Waals surface area contributed by atoms with E-state index in [-0.39, 0.29) is 6.04 Å². The van der Waals surface area contributed by atoms with Crippen molar-refractivity contribution in [1.29, 1.82) is 0 Å². The van der Waals surface area contributed by atoms with Gasteiger partial charge in [0.2, 0.25) is 0 Å². The molecule has 1 rings (SSSR count). The van der Waals surface area contributed by atoms with Gasteiger partial charge in [0.1, 0.15) is 0 Å². The molecule has 1 aromatic rings. The highest BCUT2D eigenvalue weighted by Crippen LogP contribution is 2.35. The minimum absolute atomic E-state index is 0.267. The molecule has 0 aliphatic rings. The van der Waals surface area contributed by atoms with E-state index < -0.39 is 11.7 Å². The lowest BCUT2D eigenvalue weighted by Gasteiger charge is -2.27. The minimum Gasteiger partial charge on any atom is -0.318 e. The van der Waals surface area contributed by atoms with E-state index in [4.69, 9.17) is 0 Å². The van der Waals surface area contributed by atoms with Crippen LogP contribution < -0.4 is 5.32 Å². The second-order valence-corrected chi connectivity index (χ2v) is 4.35. The third-order valence-corrected chi connectivity index (χ3v) is 3.09. The van der Waals surface area contributed by atoms with Crippen LogP contribution in [0.4, 0.5) is 13.2 Å². The molecule has 0 bridgehead atoms. The Hall–Kier alpha value is -1.07. The first-order valence-corrected chi connectivity index (χ1v) is 5.89. The lowest BCUT2D eigenvalue weighted by Crippen LogP contribution is -2.30. The molecule has 18 heavy (non-hydrogen) atoms. The quantitative estimate of drug-likeness (QED) is 0.875. The highest BCUT2D eigenvalue weighted by molar-refractivity contribution is 5.32. The number of hydrogen-bond acceptors (Lipinski definition) is 2. The molecule has 0 radical (unpaired) electrons. The molecular weight excluding hydrogens is 241 g/mol. The van der Waals surface area contributed by atoms with Crippen LogP contribution in [0.15, 0.2) is 24.3 Å². The molecule has 1 atom stereocenters. The fraction of sp³-hybridized carbons (Fsp3) is 0.538. The Morgan fingerprint density at radius 2 is 1.89 bits per heavy atom. The number of nitrogens with one attached hydrogen (secondary N) is 1. The summed E-state index contributed by atoms with van der Waals surface area (Å²) in [5.41, 5.74) is -0.225. The molecule has 0 aliphatic heterocycles. The molecule has 5 heteroatoms. The summed E-state index contributed by atoms with van der Waals surface area (Å²) in [5, 5.41) is 2.99. The fourth-order valence-corrected chi connectivity index (χ4v) is 1.84. The Kier molecular flexibility index (Phi) is 5.16. The van der Waals surface area contributed by atoms with Crippen LogP contribution in [0.25, 0.3) is 0 Å². The number of nitrogens with zero attached hydrogens (tertiary/aromatic N) is 1. The van der Waals surface area contributed by atoms with Gasteiger partial charge in [-0.3, -0.25) is 4.90 Å². The molecule has 2 nitrogen and oxygen atoms in total. The average molecular weight is 260 g/mol. The van der Waals surface area contributed by atoms with Gasteiger partial charge in [-0.2, -0.15) is 13.2 Å². The zero-order chi connectivity index (χ0) is 13.8. The first kappa shape index (κ1) is 15.0. The maximum absolute atomic E-state index is 12.9. The summed E-state index contributed by atoms with van der Waals surface area (Å²) < 4.78 is 38.7. The zero-order valence-corrected chi connectivity index (χ0v) is 10.9. The summed E-state index contributed by atoms with van der Waals surface area (Å²) in [4.78, 5) is 1.90. The van der Waals surface area contributed by atoms with E-state index in [1.54, 1.807) is 19.1 Å². The number of alkyl halides is 3. The molecule has 102 valence electrons. The molecule has 1 unspecified atom stereocenters. The molecule has 0 saturated carbocycles. The number of likely N-dealkylation sites (N-methyl/N-ethyl adjacent to an activating group) is 2. The van der Waals surface area contributed by atoms with E-state index in [1.807, 2.05) is 19.0 Å². The Balaban J connectivity index is 2.95. The van der Waals surface area contributed by atoms with E-state index in [0.29, 0.717) is 12.1 Å². The van der Waals surface area contributed by atoms with Gasteiger partial charge in [0, 0.05) is 19.1 Å². The van der Waals surface area contributed by atoms with Crippen LogP contribution in [0.2, 0.25) is 0 Å². The van der Waals surface area contributed by atoms with Crippen molar-refractivity contribution in [3.05, 3.63) is 35.4 Å². The average Bonchev–Trinajstić information content (AvgIpc) is 2.34. The third kappa shape index (κ3) is 3.71. The van der Waals surface area contributed by atoms with Crippen molar-refractivity contribution in [1.82, 2.24) is 10.2 Å². The van der Waals surface area contributed by atoms with Crippen molar-refractivity contribution in [2.24, 2.45) is 0 Å². The van der Waals surface area contributed by atoms with E-state index >= 15 is 0 Å². The molecule has 0 amide bonds. The Morgan fingerprint density at radius 1 is 1.28 bits per heavy atom. The number of halogens is 3. The SMILES string of the molecule is CNCCN(C)C(C)c1ccccc1C(F)(F)F. The van der Waals surface area contributed by atoms with Crippen molar-refractivity contribution in [3.8, 4) is 0 Å². The van der Waals surface area contributed by atoms with Crippen molar-refractivity contribution < 1.29 is 13.2 Å². The smallest absolute Gasteiger partial charge is 0.318 e. The predicted molar refractivity (Wildman–Crippen MR) is 66.4 cm³/mol. The van der Waals surface area contributed by atoms with Gasteiger partial charge in [-0.15, -0.1) is 0 Å². The van der Waals surface area contributed by atoms with Crippen LogP contribution >= 0.6 is 0 Å². The molecule has 0 aliphatic carbocycles. The van der Waals surface area contributed by atoms with Crippen LogP contribution in [-0.2, 0) is 6.18 Å². The van der Waals surface area contributed by atoms with Gasteiger partial charge in [-0.05, 0) is 32.6 Å².